The van der Waals surface area contributed by atoms with Gasteiger partial charge < -0.3 is 10.0 Å². The Morgan fingerprint density at radius 2 is 1.89 bits per heavy atom. The number of carboxylic acids is 1. The predicted octanol–water partition coefficient (Wildman–Crippen LogP) is 3.46. The largest absolute Gasteiger partial charge is 0.478 e. The minimum absolute atomic E-state index is 0.0204. The molecule has 27 heavy (non-hydrogen) atoms. The summed E-state index contributed by atoms with van der Waals surface area (Å²) in [6.07, 6.45) is -0.890. The monoisotopic (exact) mass is 381 g/mol. The van der Waals surface area contributed by atoms with Crippen LogP contribution in [0, 0.1) is 5.92 Å². The number of carboxylic acid groups (broad SMARTS) is 1. The van der Waals surface area contributed by atoms with Crippen LogP contribution < -0.4 is 0 Å². The molecule has 1 aliphatic rings. The second-order valence-electron chi connectivity index (χ2n) is 6.63. The van der Waals surface area contributed by atoms with Gasteiger partial charge in [0.25, 0.3) is 5.91 Å². The van der Waals surface area contributed by atoms with E-state index >= 15 is 0 Å². The van der Waals surface area contributed by atoms with Gasteiger partial charge in [-0.1, -0.05) is 12.8 Å². The van der Waals surface area contributed by atoms with E-state index in [0.29, 0.717) is 28.9 Å². The van der Waals surface area contributed by atoms with Crippen molar-refractivity contribution in [3.05, 3.63) is 47.3 Å². The molecule has 144 valence electrons. The lowest BCUT2D eigenvalue weighted by Gasteiger charge is -2.17. The third-order valence-electron chi connectivity index (χ3n) is 4.54. The minimum atomic E-state index is -4.89. The number of aromatic nitrogens is 2. The normalized spacial score (nSPS) is 14.2. The van der Waals surface area contributed by atoms with Crippen LogP contribution >= 0.6 is 0 Å². The molecule has 0 saturated heterocycles. The third kappa shape index (κ3) is 4.12. The molecule has 1 aromatic carbocycles. The Morgan fingerprint density at radius 1 is 1.26 bits per heavy atom. The highest BCUT2D eigenvalue weighted by atomic mass is 19.4. The summed E-state index contributed by atoms with van der Waals surface area (Å²) in [5.41, 5.74) is -1.93. The Morgan fingerprint density at radius 3 is 2.41 bits per heavy atom. The molecule has 1 N–H and O–H groups in total. The number of benzene rings is 1. The van der Waals surface area contributed by atoms with Crippen LogP contribution in [0.3, 0.4) is 0 Å². The van der Waals surface area contributed by atoms with Crippen LogP contribution in [0.5, 0.6) is 0 Å². The number of carbonyl (C=O) groups excluding carboxylic acids is 1. The molecule has 0 unspecified atom stereocenters. The van der Waals surface area contributed by atoms with Gasteiger partial charge in [-0.05, 0) is 36.6 Å². The van der Waals surface area contributed by atoms with Gasteiger partial charge in [-0.15, -0.1) is 0 Å². The summed E-state index contributed by atoms with van der Waals surface area (Å²) in [6.45, 7) is 0.630. The lowest BCUT2D eigenvalue weighted by atomic mass is 10.1. The van der Waals surface area contributed by atoms with Crippen molar-refractivity contribution in [2.24, 2.45) is 5.92 Å². The van der Waals surface area contributed by atoms with E-state index in [4.69, 9.17) is 5.11 Å². The lowest BCUT2D eigenvalue weighted by Crippen LogP contribution is -2.28. The number of hydrogen-bond acceptors (Lipinski definition) is 3. The molecule has 0 atom stereocenters. The van der Waals surface area contributed by atoms with Crippen molar-refractivity contribution in [2.75, 3.05) is 13.6 Å². The van der Waals surface area contributed by atoms with Crippen molar-refractivity contribution < 1.29 is 27.9 Å². The van der Waals surface area contributed by atoms with Crippen molar-refractivity contribution in [1.29, 1.82) is 0 Å². The smallest absolute Gasteiger partial charge is 0.434 e. The van der Waals surface area contributed by atoms with Gasteiger partial charge in [0, 0.05) is 19.2 Å². The maximum Gasteiger partial charge on any atom is 0.434 e. The molecule has 3 rings (SSSR count). The summed E-state index contributed by atoms with van der Waals surface area (Å²) < 4.78 is 40.3. The van der Waals surface area contributed by atoms with Gasteiger partial charge in [-0.2, -0.15) is 18.3 Å². The van der Waals surface area contributed by atoms with E-state index in [9.17, 15) is 22.8 Å². The van der Waals surface area contributed by atoms with Crippen LogP contribution in [0.15, 0.2) is 30.5 Å². The summed E-state index contributed by atoms with van der Waals surface area (Å²) in [5, 5.41) is 12.5. The standard InChI is InChI=1S/C18H18F3N3O3/c1-23(9-8-11-2-3-11)16(25)12-4-6-13(7-5-12)24-15(18(19,20)21)14(10-22-24)17(26)27/h4-7,10-11H,2-3,8-9H2,1H3,(H,26,27). The Labute approximate surface area is 153 Å². The van der Waals surface area contributed by atoms with Crippen molar-refractivity contribution in [3.63, 3.8) is 0 Å². The number of carbonyl (C=O) groups is 2. The van der Waals surface area contributed by atoms with Crippen molar-refractivity contribution in [3.8, 4) is 5.69 Å². The summed E-state index contributed by atoms with van der Waals surface area (Å²) in [7, 11) is 1.69. The minimum Gasteiger partial charge on any atom is -0.478 e. The highest BCUT2D eigenvalue weighted by Gasteiger charge is 2.40. The van der Waals surface area contributed by atoms with Gasteiger partial charge >= 0.3 is 12.1 Å². The predicted molar refractivity (Wildman–Crippen MR) is 89.8 cm³/mol. The second-order valence-corrected chi connectivity index (χ2v) is 6.63. The number of alkyl halides is 3. The second kappa shape index (κ2) is 7.05. The average Bonchev–Trinajstić information content (AvgIpc) is 3.32. The first-order chi connectivity index (χ1) is 12.7. The van der Waals surface area contributed by atoms with Gasteiger partial charge in [0.15, 0.2) is 5.69 Å². The molecule has 0 radical (unpaired) electrons. The number of aromatic carboxylic acids is 1. The van der Waals surface area contributed by atoms with E-state index in [0.717, 1.165) is 6.42 Å². The zero-order valence-corrected chi connectivity index (χ0v) is 14.5. The molecule has 1 aliphatic carbocycles. The Balaban J connectivity index is 1.83. The van der Waals surface area contributed by atoms with Gasteiger partial charge in [0.05, 0.1) is 11.9 Å². The van der Waals surface area contributed by atoms with Crippen LogP contribution in [-0.2, 0) is 6.18 Å². The molecule has 0 bridgehead atoms. The fourth-order valence-electron chi connectivity index (χ4n) is 2.82. The lowest BCUT2D eigenvalue weighted by molar-refractivity contribution is -0.143. The summed E-state index contributed by atoms with van der Waals surface area (Å²) in [5.74, 6) is -1.24. The van der Waals surface area contributed by atoms with E-state index < -0.39 is 23.4 Å². The van der Waals surface area contributed by atoms with E-state index in [2.05, 4.69) is 5.10 Å². The molecule has 1 aromatic heterocycles. The molecule has 0 spiro atoms. The Kier molecular flexibility index (Phi) is 4.95. The van der Waals surface area contributed by atoms with Crippen molar-refractivity contribution >= 4 is 11.9 Å². The van der Waals surface area contributed by atoms with E-state index in [1.54, 1.807) is 11.9 Å². The Hall–Kier alpha value is -2.84. The van der Waals surface area contributed by atoms with Gasteiger partial charge in [-0.25, -0.2) is 9.48 Å². The van der Waals surface area contributed by atoms with Crippen LogP contribution in [0.2, 0.25) is 0 Å². The molecular formula is C18H18F3N3O3. The topological polar surface area (TPSA) is 75.4 Å². The average molecular weight is 381 g/mol. The van der Waals surface area contributed by atoms with Gasteiger partial charge in [-0.3, -0.25) is 4.79 Å². The van der Waals surface area contributed by atoms with Gasteiger partial charge in [0.1, 0.15) is 5.56 Å². The van der Waals surface area contributed by atoms with Crippen LogP contribution in [-0.4, -0.2) is 45.3 Å². The first-order valence-electron chi connectivity index (χ1n) is 8.43. The Bertz CT molecular complexity index is 855. The molecule has 1 fully saturated rings. The van der Waals surface area contributed by atoms with Crippen LogP contribution in [0.4, 0.5) is 13.2 Å². The summed E-state index contributed by atoms with van der Waals surface area (Å²) in [4.78, 5) is 25.0. The number of rotatable bonds is 6. The molecule has 2 aromatic rings. The summed E-state index contributed by atoms with van der Waals surface area (Å²) >= 11 is 0. The molecule has 1 amide bonds. The summed E-state index contributed by atoms with van der Waals surface area (Å²) in [6, 6.07) is 5.45. The third-order valence-corrected chi connectivity index (χ3v) is 4.54. The number of halogens is 3. The molecule has 0 aliphatic heterocycles. The SMILES string of the molecule is CN(CCC1CC1)C(=O)c1ccc(-n2ncc(C(=O)O)c2C(F)(F)F)cc1. The van der Waals surface area contributed by atoms with Crippen molar-refractivity contribution in [1.82, 2.24) is 14.7 Å². The first kappa shape index (κ1) is 18.9. The fraction of sp³-hybridized carbons (Fsp3) is 0.389. The fourth-order valence-corrected chi connectivity index (χ4v) is 2.82. The maximum atomic E-state index is 13.3. The quantitative estimate of drug-likeness (QED) is 0.832. The number of nitrogens with zero attached hydrogens (tertiary/aromatic N) is 3. The van der Waals surface area contributed by atoms with Crippen LogP contribution in [0.25, 0.3) is 5.69 Å². The maximum absolute atomic E-state index is 13.3. The highest BCUT2D eigenvalue weighted by Crippen LogP contribution is 2.34. The van der Waals surface area contributed by atoms with E-state index in [1.165, 1.54) is 37.1 Å². The first-order valence-corrected chi connectivity index (χ1v) is 8.43. The highest BCUT2D eigenvalue weighted by molar-refractivity contribution is 5.94. The van der Waals surface area contributed by atoms with Crippen molar-refractivity contribution in [2.45, 2.75) is 25.4 Å². The zero-order valence-electron chi connectivity index (χ0n) is 14.5. The number of hydrogen-bond donors (Lipinski definition) is 1. The zero-order chi connectivity index (χ0) is 19.8. The molecule has 1 heterocycles. The van der Waals surface area contributed by atoms with E-state index in [-0.39, 0.29) is 11.6 Å². The van der Waals surface area contributed by atoms with Gasteiger partial charge in [0.2, 0.25) is 0 Å². The molecule has 9 heteroatoms. The molecule has 6 nitrogen and oxygen atoms in total. The number of amides is 1. The molecular weight excluding hydrogens is 363 g/mol. The molecule has 1 saturated carbocycles. The van der Waals surface area contributed by atoms with Crippen LogP contribution in [0.1, 0.15) is 45.7 Å². The van der Waals surface area contributed by atoms with E-state index in [1.807, 2.05) is 0 Å².